The van der Waals surface area contributed by atoms with E-state index in [0.29, 0.717) is 35.2 Å². The Bertz CT molecular complexity index is 852. The van der Waals surface area contributed by atoms with Crippen LogP contribution in [0.1, 0.15) is 13.8 Å². The number of likely N-dealkylation sites (N-methyl/N-ethyl adjacent to an activating group) is 1. The molecular formula is C20H22N2O5. The molecule has 1 aliphatic rings. The minimum atomic E-state index is -0.556. The van der Waals surface area contributed by atoms with E-state index in [2.05, 4.69) is 5.32 Å². The number of methoxy groups -OCH3 is 1. The summed E-state index contributed by atoms with van der Waals surface area (Å²) >= 11 is 0. The fourth-order valence-electron chi connectivity index (χ4n) is 2.85. The summed E-state index contributed by atoms with van der Waals surface area (Å²) in [6.07, 6.45) is -0.556. The molecule has 1 unspecified atom stereocenters. The highest BCUT2D eigenvalue weighted by Crippen LogP contribution is 2.36. The number of carbonyl (C=O) groups is 2. The van der Waals surface area contributed by atoms with E-state index in [0.717, 1.165) is 0 Å². The Kier molecular flexibility index (Phi) is 5.49. The van der Waals surface area contributed by atoms with Crippen LogP contribution >= 0.6 is 0 Å². The number of nitrogens with one attached hydrogen (secondary N) is 1. The molecule has 0 aromatic heterocycles. The standard InChI is InChI=1S/C20H22N2O5/c1-4-22-17-9-8-14(10-18(17)27-13(2)20(22)24)21-19(23)12-26-16-7-5-6-15(11-16)25-3/h5-11,13H,4,12H2,1-3H3,(H,21,23). The van der Waals surface area contributed by atoms with Gasteiger partial charge in [-0.2, -0.15) is 0 Å². The Hall–Kier alpha value is -3.22. The summed E-state index contributed by atoms with van der Waals surface area (Å²) in [5.41, 5.74) is 1.27. The van der Waals surface area contributed by atoms with Gasteiger partial charge in [-0.05, 0) is 38.1 Å². The van der Waals surface area contributed by atoms with Gasteiger partial charge in [0.2, 0.25) is 0 Å². The molecule has 1 heterocycles. The molecule has 0 saturated heterocycles. The van der Waals surface area contributed by atoms with Gasteiger partial charge in [0.15, 0.2) is 12.7 Å². The molecule has 0 radical (unpaired) electrons. The van der Waals surface area contributed by atoms with Crippen LogP contribution in [0.2, 0.25) is 0 Å². The number of ether oxygens (including phenoxy) is 3. The average Bonchev–Trinajstić information content (AvgIpc) is 2.67. The van der Waals surface area contributed by atoms with Crippen molar-refractivity contribution >= 4 is 23.2 Å². The van der Waals surface area contributed by atoms with Crippen LogP contribution in [0.15, 0.2) is 42.5 Å². The van der Waals surface area contributed by atoms with E-state index in [1.807, 2.05) is 6.92 Å². The lowest BCUT2D eigenvalue weighted by atomic mass is 10.1. The number of hydrogen-bond donors (Lipinski definition) is 1. The summed E-state index contributed by atoms with van der Waals surface area (Å²) in [5.74, 6) is 1.39. The molecule has 1 N–H and O–H groups in total. The molecule has 0 aliphatic carbocycles. The molecule has 1 atom stereocenters. The molecule has 27 heavy (non-hydrogen) atoms. The van der Waals surface area contributed by atoms with Crippen molar-refractivity contribution < 1.29 is 23.8 Å². The van der Waals surface area contributed by atoms with Crippen molar-refractivity contribution in [2.75, 3.05) is 30.5 Å². The Balaban J connectivity index is 1.65. The Morgan fingerprint density at radius 3 is 2.74 bits per heavy atom. The minimum absolute atomic E-state index is 0.0755. The Morgan fingerprint density at radius 1 is 1.22 bits per heavy atom. The van der Waals surface area contributed by atoms with Crippen molar-refractivity contribution in [2.24, 2.45) is 0 Å². The Labute approximate surface area is 157 Å². The highest BCUT2D eigenvalue weighted by Gasteiger charge is 2.30. The first kappa shape index (κ1) is 18.6. The summed E-state index contributed by atoms with van der Waals surface area (Å²) in [7, 11) is 1.57. The first-order chi connectivity index (χ1) is 13.0. The number of anilines is 2. The van der Waals surface area contributed by atoms with E-state index >= 15 is 0 Å². The van der Waals surface area contributed by atoms with Crippen LogP contribution in [-0.4, -0.2) is 38.2 Å². The molecule has 2 amide bonds. The van der Waals surface area contributed by atoms with Crippen LogP contribution in [0.25, 0.3) is 0 Å². The van der Waals surface area contributed by atoms with Crippen LogP contribution in [0.5, 0.6) is 17.2 Å². The van der Waals surface area contributed by atoms with Gasteiger partial charge in [-0.3, -0.25) is 9.59 Å². The predicted octanol–water partition coefficient (Wildman–Crippen LogP) is 2.85. The van der Waals surface area contributed by atoms with Gasteiger partial charge in [0.25, 0.3) is 11.8 Å². The number of hydrogen-bond acceptors (Lipinski definition) is 5. The molecule has 7 heteroatoms. The second-order valence-corrected chi connectivity index (χ2v) is 6.04. The lowest BCUT2D eigenvalue weighted by molar-refractivity contribution is -0.125. The van der Waals surface area contributed by atoms with Gasteiger partial charge in [-0.25, -0.2) is 0 Å². The molecular weight excluding hydrogens is 348 g/mol. The minimum Gasteiger partial charge on any atom is -0.497 e. The van der Waals surface area contributed by atoms with E-state index < -0.39 is 6.10 Å². The van der Waals surface area contributed by atoms with Gasteiger partial charge in [0, 0.05) is 24.4 Å². The molecule has 2 aromatic carbocycles. The fourth-order valence-corrected chi connectivity index (χ4v) is 2.85. The van der Waals surface area contributed by atoms with E-state index in [1.54, 1.807) is 61.4 Å². The first-order valence-electron chi connectivity index (χ1n) is 8.70. The van der Waals surface area contributed by atoms with E-state index in [1.165, 1.54) is 0 Å². The van der Waals surface area contributed by atoms with E-state index in [4.69, 9.17) is 14.2 Å². The van der Waals surface area contributed by atoms with Crippen LogP contribution in [0.3, 0.4) is 0 Å². The maximum Gasteiger partial charge on any atom is 0.267 e. The summed E-state index contributed by atoms with van der Waals surface area (Å²) in [6.45, 7) is 4.03. The number of carbonyl (C=O) groups excluding carboxylic acids is 2. The SMILES string of the molecule is CCN1C(=O)C(C)Oc2cc(NC(=O)COc3cccc(OC)c3)ccc21. The number of rotatable bonds is 6. The highest BCUT2D eigenvalue weighted by molar-refractivity contribution is 6.00. The Morgan fingerprint density at radius 2 is 2.00 bits per heavy atom. The van der Waals surface area contributed by atoms with E-state index in [-0.39, 0.29) is 18.4 Å². The number of amides is 2. The summed E-state index contributed by atoms with van der Waals surface area (Å²) in [6, 6.07) is 12.3. The number of benzene rings is 2. The number of fused-ring (bicyclic) bond motifs is 1. The lowest BCUT2D eigenvalue weighted by Crippen LogP contribution is -2.44. The third-order valence-corrected chi connectivity index (χ3v) is 4.18. The van der Waals surface area contributed by atoms with Crippen LogP contribution in [0.4, 0.5) is 11.4 Å². The molecule has 2 aromatic rings. The van der Waals surface area contributed by atoms with Gasteiger partial charge in [0.1, 0.15) is 17.2 Å². The predicted molar refractivity (Wildman–Crippen MR) is 102 cm³/mol. The number of nitrogens with zero attached hydrogens (tertiary/aromatic N) is 1. The van der Waals surface area contributed by atoms with Gasteiger partial charge in [-0.15, -0.1) is 0 Å². The molecule has 1 aliphatic heterocycles. The van der Waals surface area contributed by atoms with Gasteiger partial charge in [-0.1, -0.05) is 6.07 Å². The quantitative estimate of drug-likeness (QED) is 0.846. The smallest absolute Gasteiger partial charge is 0.267 e. The molecule has 0 fully saturated rings. The van der Waals surface area contributed by atoms with Gasteiger partial charge >= 0.3 is 0 Å². The summed E-state index contributed by atoms with van der Waals surface area (Å²) < 4.78 is 16.3. The topological polar surface area (TPSA) is 77.1 Å². The van der Waals surface area contributed by atoms with Crippen molar-refractivity contribution in [3.8, 4) is 17.2 Å². The summed E-state index contributed by atoms with van der Waals surface area (Å²) in [4.78, 5) is 26.0. The molecule has 3 rings (SSSR count). The highest BCUT2D eigenvalue weighted by atomic mass is 16.5. The van der Waals surface area contributed by atoms with Crippen molar-refractivity contribution in [1.82, 2.24) is 0 Å². The maximum atomic E-state index is 12.2. The van der Waals surface area contributed by atoms with Crippen molar-refractivity contribution in [2.45, 2.75) is 20.0 Å². The van der Waals surface area contributed by atoms with Crippen molar-refractivity contribution in [3.05, 3.63) is 42.5 Å². The molecule has 0 saturated carbocycles. The molecule has 0 spiro atoms. The lowest BCUT2D eigenvalue weighted by Gasteiger charge is -2.32. The van der Waals surface area contributed by atoms with Gasteiger partial charge in [0.05, 0.1) is 12.8 Å². The zero-order chi connectivity index (χ0) is 19.4. The molecule has 7 nitrogen and oxygen atoms in total. The van der Waals surface area contributed by atoms with E-state index in [9.17, 15) is 9.59 Å². The zero-order valence-corrected chi connectivity index (χ0v) is 15.5. The maximum absolute atomic E-state index is 12.2. The monoisotopic (exact) mass is 370 g/mol. The van der Waals surface area contributed by atoms with Crippen molar-refractivity contribution in [1.29, 1.82) is 0 Å². The normalized spacial score (nSPS) is 15.6. The zero-order valence-electron chi connectivity index (χ0n) is 15.5. The van der Waals surface area contributed by atoms with Crippen LogP contribution in [-0.2, 0) is 9.59 Å². The second kappa shape index (κ2) is 7.99. The van der Waals surface area contributed by atoms with Crippen LogP contribution < -0.4 is 24.4 Å². The third kappa shape index (κ3) is 4.13. The second-order valence-electron chi connectivity index (χ2n) is 6.04. The third-order valence-electron chi connectivity index (χ3n) is 4.18. The average molecular weight is 370 g/mol. The largest absolute Gasteiger partial charge is 0.497 e. The molecule has 142 valence electrons. The fraction of sp³-hybridized carbons (Fsp3) is 0.300. The summed E-state index contributed by atoms with van der Waals surface area (Å²) in [5, 5.41) is 2.77. The van der Waals surface area contributed by atoms with Gasteiger partial charge < -0.3 is 24.4 Å². The molecule has 0 bridgehead atoms. The van der Waals surface area contributed by atoms with Crippen molar-refractivity contribution in [3.63, 3.8) is 0 Å². The first-order valence-corrected chi connectivity index (χ1v) is 8.70. The van der Waals surface area contributed by atoms with Crippen LogP contribution in [0, 0.1) is 0 Å².